The number of pyridine rings is 2. The second-order valence-electron chi connectivity index (χ2n) is 13.1. The second-order valence-corrected chi connectivity index (χ2v) is 13.1. The Hall–Kier alpha value is -5.31. The van der Waals surface area contributed by atoms with Crippen molar-refractivity contribution in [2.45, 2.75) is 79.6 Å². The number of unbranched alkanes of at least 4 members (excludes halogenated alkanes) is 2. The predicted molar refractivity (Wildman–Crippen MR) is 199 cm³/mol. The highest BCUT2D eigenvalue weighted by molar-refractivity contribution is 5.99. The highest BCUT2D eigenvalue weighted by atomic mass is 15.4. The molecule has 0 spiro atoms. The van der Waals surface area contributed by atoms with Gasteiger partial charge in [-0.3, -0.25) is 19.6 Å². The molecular formula is C40H47N9. The van der Waals surface area contributed by atoms with Gasteiger partial charge in [-0.05, 0) is 119 Å². The van der Waals surface area contributed by atoms with Gasteiger partial charge in [-0.15, -0.1) is 5.10 Å². The molecule has 1 aliphatic heterocycles. The van der Waals surface area contributed by atoms with Gasteiger partial charge in [0.15, 0.2) is 0 Å². The van der Waals surface area contributed by atoms with Crippen LogP contribution in [-0.2, 0) is 26.2 Å². The fourth-order valence-electron chi connectivity index (χ4n) is 6.53. The summed E-state index contributed by atoms with van der Waals surface area (Å²) in [6.45, 7) is 11.5. The van der Waals surface area contributed by atoms with Gasteiger partial charge >= 0.3 is 0 Å². The van der Waals surface area contributed by atoms with Crippen LogP contribution in [0.15, 0.2) is 108 Å². The number of aromatic amines is 1. The van der Waals surface area contributed by atoms with Crippen LogP contribution in [0.25, 0.3) is 5.57 Å². The fourth-order valence-corrected chi connectivity index (χ4v) is 6.53. The van der Waals surface area contributed by atoms with Crippen molar-refractivity contribution in [2.24, 2.45) is 4.99 Å². The molecule has 49 heavy (non-hydrogen) atoms. The Morgan fingerprint density at radius 1 is 0.776 bits per heavy atom. The van der Waals surface area contributed by atoms with Crippen LogP contribution in [0.3, 0.4) is 0 Å². The molecule has 5 aromatic rings. The molecule has 0 saturated carbocycles. The zero-order chi connectivity index (χ0) is 34.2. The molecule has 6 rings (SSSR count). The van der Waals surface area contributed by atoms with Gasteiger partial charge in [-0.2, -0.15) is 0 Å². The molecule has 4 aromatic heterocycles. The molecule has 5 heterocycles. The maximum Gasteiger partial charge on any atom is 0.102 e. The molecule has 0 amide bonds. The summed E-state index contributed by atoms with van der Waals surface area (Å²) in [6, 6.07) is 23.0. The topological polar surface area (TPSA) is 91.1 Å². The number of aromatic nitrogens is 6. The van der Waals surface area contributed by atoms with Crippen LogP contribution in [0.1, 0.15) is 73.6 Å². The molecule has 0 bridgehead atoms. The largest absolute Gasteiger partial charge is 0.369 e. The number of hydrogen-bond acceptors (Lipinski definition) is 7. The third-order valence-electron chi connectivity index (χ3n) is 8.94. The van der Waals surface area contributed by atoms with E-state index in [1.54, 1.807) is 0 Å². The minimum Gasteiger partial charge on any atom is -0.369 e. The monoisotopic (exact) mass is 653 g/mol. The molecule has 9 nitrogen and oxygen atoms in total. The number of benzene rings is 1. The quantitative estimate of drug-likeness (QED) is 0.114. The van der Waals surface area contributed by atoms with Crippen molar-refractivity contribution in [3.05, 3.63) is 137 Å². The van der Waals surface area contributed by atoms with E-state index >= 15 is 0 Å². The van der Waals surface area contributed by atoms with E-state index in [2.05, 4.69) is 125 Å². The van der Waals surface area contributed by atoms with Crippen molar-refractivity contribution in [2.75, 3.05) is 16.8 Å². The van der Waals surface area contributed by atoms with Crippen LogP contribution in [0.4, 0.5) is 11.4 Å². The van der Waals surface area contributed by atoms with Gasteiger partial charge in [0.1, 0.15) is 5.69 Å². The van der Waals surface area contributed by atoms with E-state index in [1.807, 2.05) is 41.3 Å². The number of allylic oxidation sites excluding steroid dienone is 3. The Labute approximate surface area is 290 Å². The summed E-state index contributed by atoms with van der Waals surface area (Å²) in [5.74, 6) is 0. The number of hydrogen-bond donors (Lipinski definition) is 1. The molecule has 0 aliphatic carbocycles. The number of aryl methyl sites for hydroxylation is 3. The zero-order valence-corrected chi connectivity index (χ0v) is 29.4. The first kappa shape index (κ1) is 33.6. The number of nitrogens with zero attached hydrogens (tertiary/aromatic N) is 8. The van der Waals surface area contributed by atoms with E-state index < -0.39 is 0 Å². The first-order valence-corrected chi connectivity index (χ1v) is 17.2. The normalized spacial score (nSPS) is 13.7. The molecular weight excluding hydrogens is 607 g/mol. The van der Waals surface area contributed by atoms with Crippen LogP contribution in [0, 0.1) is 13.8 Å². The summed E-state index contributed by atoms with van der Waals surface area (Å²) in [7, 11) is 2.10. The fraction of sp³-hybridized carbons (Fsp3) is 0.325. The number of rotatable bonds is 15. The van der Waals surface area contributed by atoms with Crippen LogP contribution in [-0.4, -0.2) is 42.7 Å². The van der Waals surface area contributed by atoms with Gasteiger partial charge in [-0.25, -0.2) is 0 Å². The van der Waals surface area contributed by atoms with Crippen LogP contribution >= 0.6 is 0 Å². The Kier molecular flexibility index (Phi) is 10.8. The van der Waals surface area contributed by atoms with Gasteiger partial charge < -0.3 is 14.8 Å². The summed E-state index contributed by atoms with van der Waals surface area (Å²) in [5, 5.41) is 8.92. The van der Waals surface area contributed by atoms with Crippen molar-refractivity contribution in [1.82, 2.24) is 29.9 Å². The van der Waals surface area contributed by atoms with Crippen LogP contribution in [0.5, 0.6) is 0 Å². The van der Waals surface area contributed by atoms with Crippen molar-refractivity contribution >= 4 is 22.7 Å². The summed E-state index contributed by atoms with van der Waals surface area (Å²) >= 11 is 0. The lowest BCUT2D eigenvalue weighted by molar-refractivity contribution is 0.532. The summed E-state index contributed by atoms with van der Waals surface area (Å²) < 4.78 is 1.98. The summed E-state index contributed by atoms with van der Waals surface area (Å²) in [5.41, 5.74) is 13.7. The van der Waals surface area contributed by atoms with Crippen LogP contribution < -0.4 is 9.80 Å². The maximum atomic E-state index is 4.88. The van der Waals surface area contributed by atoms with E-state index in [0.29, 0.717) is 19.6 Å². The molecule has 0 saturated heterocycles. The third-order valence-corrected chi connectivity index (χ3v) is 8.94. The van der Waals surface area contributed by atoms with E-state index in [4.69, 9.17) is 4.99 Å². The smallest absolute Gasteiger partial charge is 0.102 e. The van der Waals surface area contributed by atoms with Crippen molar-refractivity contribution in [3.63, 3.8) is 0 Å². The molecule has 1 aromatic carbocycles. The number of aliphatic imine (C=N–C) groups is 1. The molecule has 252 valence electrons. The van der Waals surface area contributed by atoms with E-state index in [9.17, 15) is 0 Å². The minimum atomic E-state index is 0.684. The average molecular weight is 654 g/mol. The minimum absolute atomic E-state index is 0.684. The zero-order valence-electron chi connectivity index (χ0n) is 29.4. The van der Waals surface area contributed by atoms with Crippen molar-refractivity contribution < 1.29 is 0 Å². The van der Waals surface area contributed by atoms with E-state index in [-0.39, 0.29) is 0 Å². The highest BCUT2D eigenvalue weighted by Gasteiger charge is 2.18. The van der Waals surface area contributed by atoms with E-state index in [1.165, 1.54) is 28.1 Å². The second kappa shape index (κ2) is 15.7. The molecule has 1 aliphatic rings. The van der Waals surface area contributed by atoms with Gasteiger partial charge in [0, 0.05) is 60.0 Å². The molecule has 0 atom stereocenters. The Morgan fingerprint density at radius 2 is 1.47 bits per heavy atom. The van der Waals surface area contributed by atoms with E-state index in [0.717, 1.165) is 72.1 Å². The average Bonchev–Trinajstić information content (AvgIpc) is 3.80. The molecule has 0 unspecified atom stereocenters. The predicted octanol–water partition coefficient (Wildman–Crippen LogP) is 8.25. The highest BCUT2D eigenvalue weighted by Crippen LogP contribution is 2.33. The lowest BCUT2D eigenvalue weighted by Gasteiger charge is -2.25. The Bertz CT molecular complexity index is 1870. The SMILES string of the molecule is CC1=CC(C)=N/C1=C(/CCCCCn1cc(CN(C)c2ccc(N(Cc3ccccn3)Cc3ccccn3)cc2)nn1)c1[nH]c(C)cc1C. The van der Waals surface area contributed by atoms with Gasteiger partial charge in [0.2, 0.25) is 0 Å². The molecule has 0 fully saturated rings. The molecule has 1 N–H and O–H groups in total. The van der Waals surface area contributed by atoms with Gasteiger partial charge in [-0.1, -0.05) is 23.8 Å². The van der Waals surface area contributed by atoms with Crippen molar-refractivity contribution in [3.8, 4) is 0 Å². The molecule has 0 radical (unpaired) electrons. The van der Waals surface area contributed by atoms with Crippen molar-refractivity contribution in [1.29, 1.82) is 0 Å². The lowest BCUT2D eigenvalue weighted by Crippen LogP contribution is -2.23. The maximum absolute atomic E-state index is 4.88. The third kappa shape index (κ3) is 8.79. The first-order valence-electron chi connectivity index (χ1n) is 17.2. The lowest BCUT2D eigenvalue weighted by atomic mass is 9.97. The van der Waals surface area contributed by atoms with Gasteiger partial charge in [0.25, 0.3) is 0 Å². The summed E-state index contributed by atoms with van der Waals surface area (Å²) in [6.07, 6.45) is 12.2. The Balaban J connectivity index is 1.02. The molecule has 9 heteroatoms. The summed E-state index contributed by atoms with van der Waals surface area (Å²) in [4.78, 5) is 22.1. The Morgan fingerprint density at radius 3 is 2.06 bits per heavy atom. The van der Waals surface area contributed by atoms with Gasteiger partial charge in [0.05, 0.1) is 42.9 Å². The first-order chi connectivity index (χ1) is 23.8. The number of anilines is 2. The number of H-pyrrole nitrogens is 1. The standard InChI is InChI=1S/C40H47N9/c1-29-23-31(3)43-39(29)38(40-30(2)24-32(4)44-40)15-7-6-12-22-49-28-35(45-46-49)25-47(5)36-16-18-37(19-17-36)48(26-33-13-8-10-20-41-33)27-34-14-9-11-21-42-34/h8-11,13-14,16-21,23-24,28,43H,6-7,12,15,22,25-27H2,1-5H3/b40-38-. The number of nitrogens with one attached hydrogen (secondary N) is 1. The van der Waals surface area contributed by atoms with Crippen LogP contribution in [0.2, 0.25) is 0 Å².